The van der Waals surface area contributed by atoms with Gasteiger partial charge in [-0.05, 0) is 23.8 Å². The third kappa shape index (κ3) is 4.47. The molecule has 4 heteroatoms. The maximum Gasteiger partial charge on any atom is 0.169 e. The lowest BCUT2D eigenvalue weighted by Crippen LogP contribution is -2.19. The molecule has 136 valence electrons. The summed E-state index contributed by atoms with van der Waals surface area (Å²) in [7, 11) is 0. The molecule has 27 heavy (non-hydrogen) atoms. The summed E-state index contributed by atoms with van der Waals surface area (Å²) >= 11 is 0. The highest BCUT2D eigenvalue weighted by Gasteiger charge is 2.12. The van der Waals surface area contributed by atoms with Crippen LogP contribution in [0.2, 0.25) is 0 Å². The SMILES string of the molecule is C1=NCCN1Cc1ccccc1Oc1ccccc1OCc1ccccc1. The van der Waals surface area contributed by atoms with E-state index < -0.39 is 0 Å². The monoisotopic (exact) mass is 358 g/mol. The standard InChI is InChI=1S/C23H22N2O2/c1-2-8-19(9-3-1)17-26-22-12-6-7-13-23(22)27-21-11-5-4-10-20(21)16-25-15-14-24-18-25/h1-13,18H,14-17H2. The van der Waals surface area contributed by atoms with Crippen LogP contribution in [0.15, 0.2) is 83.9 Å². The van der Waals surface area contributed by atoms with Crippen molar-refractivity contribution in [2.24, 2.45) is 4.99 Å². The Kier molecular flexibility index (Phi) is 5.34. The molecular weight excluding hydrogens is 336 g/mol. The molecule has 1 aliphatic rings. The predicted molar refractivity (Wildman–Crippen MR) is 108 cm³/mol. The molecule has 1 aliphatic heterocycles. The van der Waals surface area contributed by atoms with Gasteiger partial charge in [0.25, 0.3) is 0 Å². The third-order valence-electron chi connectivity index (χ3n) is 4.41. The zero-order valence-corrected chi connectivity index (χ0v) is 15.1. The lowest BCUT2D eigenvalue weighted by atomic mass is 10.2. The Labute approximate surface area is 159 Å². The minimum absolute atomic E-state index is 0.507. The summed E-state index contributed by atoms with van der Waals surface area (Å²) in [6.45, 7) is 3.10. The maximum absolute atomic E-state index is 6.24. The Balaban J connectivity index is 1.50. The van der Waals surface area contributed by atoms with Crippen LogP contribution in [-0.2, 0) is 13.2 Å². The minimum Gasteiger partial charge on any atom is -0.485 e. The average Bonchev–Trinajstić information content (AvgIpc) is 3.23. The second-order valence-corrected chi connectivity index (χ2v) is 6.42. The Morgan fingerprint density at radius 1 is 0.778 bits per heavy atom. The second kappa shape index (κ2) is 8.41. The number of hydrogen-bond donors (Lipinski definition) is 0. The second-order valence-electron chi connectivity index (χ2n) is 6.42. The van der Waals surface area contributed by atoms with Gasteiger partial charge < -0.3 is 14.4 Å². The Hall–Kier alpha value is -3.27. The van der Waals surface area contributed by atoms with Gasteiger partial charge in [-0.3, -0.25) is 4.99 Å². The zero-order valence-electron chi connectivity index (χ0n) is 15.1. The summed E-state index contributed by atoms with van der Waals surface area (Å²) in [6.07, 6.45) is 1.91. The first kappa shape index (κ1) is 17.2. The first-order valence-corrected chi connectivity index (χ1v) is 9.14. The van der Waals surface area contributed by atoms with Gasteiger partial charge in [0.15, 0.2) is 11.5 Å². The Bertz CT molecular complexity index is 909. The molecule has 0 bridgehead atoms. The van der Waals surface area contributed by atoms with Crippen molar-refractivity contribution in [2.75, 3.05) is 13.1 Å². The lowest BCUT2D eigenvalue weighted by molar-refractivity contribution is 0.291. The van der Waals surface area contributed by atoms with Gasteiger partial charge in [0.05, 0.1) is 12.9 Å². The molecule has 0 atom stereocenters. The van der Waals surface area contributed by atoms with Crippen LogP contribution in [-0.4, -0.2) is 24.3 Å². The van der Waals surface area contributed by atoms with Crippen LogP contribution in [0, 0.1) is 0 Å². The van der Waals surface area contributed by atoms with Gasteiger partial charge in [0.1, 0.15) is 12.4 Å². The minimum atomic E-state index is 0.507. The van der Waals surface area contributed by atoms with Gasteiger partial charge in [0, 0.05) is 18.7 Å². The van der Waals surface area contributed by atoms with Crippen LogP contribution in [0.1, 0.15) is 11.1 Å². The van der Waals surface area contributed by atoms with Gasteiger partial charge in [-0.25, -0.2) is 0 Å². The van der Waals surface area contributed by atoms with Crippen molar-refractivity contribution in [3.63, 3.8) is 0 Å². The quantitative estimate of drug-likeness (QED) is 0.602. The number of ether oxygens (including phenoxy) is 2. The predicted octanol–water partition coefficient (Wildman–Crippen LogP) is 4.90. The smallest absolute Gasteiger partial charge is 0.169 e. The summed E-state index contributed by atoms with van der Waals surface area (Å²) < 4.78 is 12.3. The Morgan fingerprint density at radius 2 is 1.48 bits per heavy atom. The third-order valence-corrected chi connectivity index (χ3v) is 4.41. The average molecular weight is 358 g/mol. The topological polar surface area (TPSA) is 34.1 Å². The highest BCUT2D eigenvalue weighted by atomic mass is 16.5. The molecule has 4 rings (SSSR count). The van der Waals surface area contributed by atoms with Crippen LogP contribution in [0.3, 0.4) is 0 Å². The molecule has 3 aromatic rings. The molecule has 3 aromatic carbocycles. The molecule has 0 aromatic heterocycles. The summed E-state index contributed by atoms with van der Waals surface area (Å²) in [5.41, 5.74) is 2.25. The number of benzene rings is 3. The zero-order chi connectivity index (χ0) is 18.3. The highest BCUT2D eigenvalue weighted by molar-refractivity contribution is 5.57. The van der Waals surface area contributed by atoms with Gasteiger partial charge in [0.2, 0.25) is 0 Å². The molecule has 1 heterocycles. The fourth-order valence-corrected chi connectivity index (χ4v) is 3.00. The van der Waals surface area contributed by atoms with E-state index in [1.165, 1.54) is 0 Å². The summed E-state index contributed by atoms with van der Waals surface area (Å²) in [4.78, 5) is 6.48. The van der Waals surface area contributed by atoms with E-state index >= 15 is 0 Å². The van der Waals surface area contributed by atoms with Gasteiger partial charge in [-0.1, -0.05) is 60.7 Å². The molecule has 0 N–H and O–H groups in total. The van der Waals surface area contributed by atoms with Crippen molar-refractivity contribution in [1.82, 2.24) is 4.90 Å². The highest BCUT2D eigenvalue weighted by Crippen LogP contribution is 2.33. The molecule has 0 unspecified atom stereocenters. The van der Waals surface area contributed by atoms with Gasteiger partial charge in [-0.2, -0.15) is 0 Å². The van der Waals surface area contributed by atoms with Crippen LogP contribution < -0.4 is 9.47 Å². The van der Waals surface area contributed by atoms with Crippen molar-refractivity contribution in [3.05, 3.63) is 90.0 Å². The van der Waals surface area contributed by atoms with E-state index in [2.05, 4.69) is 28.1 Å². The fourth-order valence-electron chi connectivity index (χ4n) is 3.00. The molecule has 0 radical (unpaired) electrons. The van der Waals surface area contributed by atoms with Gasteiger partial charge >= 0.3 is 0 Å². The normalized spacial score (nSPS) is 13.0. The molecular formula is C23H22N2O2. The van der Waals surface area contributed by atoms with Crippen molar-refractivity contribution in [1.29, 1.82) is 0 Å². The molecule has 0 fully saturated rings. The van der Waals surface area contributed by atoms with Crippen molar-refractivity contribution < 1.29 is 9.47 Å². The first-order chi connectivity index (χ1) is 13.4. The van der Waals surface area contributed by atoms with Crippen molar-refractivity contribution >= 4 is 6.34 Å². The van der Waals surface area contributed by atoms with E-state index in [1.807, 2.05) is 67.0 Å². The number of hydrogen-bond acceptors (Lipinski definition) is 4. The number of rotatable bonds is 7. The largest absolute Gasteiger partial charge is 0.485 e. The summed E-state index contributed by atoms with van der Waals surface area (Å²) in [5, 5.41) is 0. The van der Waals surface area contributed by atoms with Crippen LogP contribution in [0.5, 0.6) is 17.2 Å². The van der Waals surface area contributed by atoms with Crippen LogP contribution in [0.25, 0.3) is 0 Å². The van der Waals surface area contributed by atoms with E-state index in [-0.39, 0.29) is 0 Å². The lowest BCUT2D eigenvalue weighted by Gasteiger charge is -2.18. The van der Waals surface area contributed by atoms with E-state index in [9.17, 15) is 0 Å². The van der Waals surface area contributed by atoms with E-state index in [0.29, 0.717) is 6.61 Å². The van der Waals surface area contributed by atoms with Crippen LogP contribution in [0.4, 0.5) is 0 Å². The molecule has 0 saturated heterocycles. The molecule has 4 nitrogen and oxygen atoms in total. The maximum atomic E-state index is 6.24. The van der Waals surface area contributed by atoms with Crippen LogP contribution >= 0.6 is 0 Å². The molecule has 0 spiro atoms. The number of nitrogens with zero attached hydrogens (tertiary/aromatic N) is 2. The summed E-state index contributed by atoms with van der Waals surface area (Å²) in [5.74, 6) is 2.29. The fraction of sp³-hybridized carbons (Fsp3) is 0.174. The van der Waals surface area contributed by atoms with Crippen molar-refractivity contribution in [3.8, 4) is 17.2 Å². The van der Waals surface area contributed by atoms with Crippen molar-refractivity contribution in [2.45, 2.75) is 13.2 Å². The molecule has 0 amide bonds. The van der Waals surface area contributed by atoms with E-state index in [4.69, 9.17) is 9.47 Å². The Morgan fingerprint density at radius 3 is 2.26 bits per heavy atom. The number of aliphatic imine (C=N–C) groups is 1. The summed E-state index contributed by atoms with van der Waals surface area (Å²) in [6, 6.07) is 26.0. The van der Waals surface area contributed by atoms with E-state index in [0.717, 1.165) is 48.0 Å². The number of para-hydroxylation sites is 3. The van der Waals surface area contributed by atoms with Gasteiger partial charge in [-0.15, -0.1) is 0 Å². The first-order valence-electron chi connectivity index (χ1n) is 9.14. The van der Waals surface area contributed by atoms with E-state index in [1.54, 1.807) is 0 Å². The molecule has 0 saturated carbocycles. The molecule has 0 aliphatic carbocycles.